The van der Waals surface area contributed by atoms with Gasteiger partial charge in [-0.15, -0.1) is 0 Å². The second-order valence-corrected chi connectivity index (χ2v) is 23.4. The zero-order valence-electron chi connectivity index (χ0n) is 47.2. The van der Waals surface area contributed by atoms with E-state index in [9.17, 15) is 0 Å². The Morgan fingerprint density at radius 1 is 0.235 bits per heavy atom. The lowest BCUT2D eigenvalue weighted by Gasteiger charge is -2.19. The van der Waals surface area contributed by atoms with Crippen molar-refractivity contribution in [3.8, 4) is 123 Å². The topological polar surface area (TPSA) is 38.7 Å². The summed E-state index contributed by atoms with van der Waals surface area (Å²) in [5.41, 5.74) is 28.5. The number of hydrogen-bond acceptors (Lipinski definition) is 3. The maximum Gasteiger partial charge on any atom is 0.0705 e. The summed E-state index contributed by atoms with van der Waals surface area (Å²) < 4.78 is 0. The first-order valence-corrected chi connectivity index (χ1v) is 28.1. The molecule has 3 nitrogen and oxygen atoms in total. The van der Waals surface area contributed by atoms with E-state index in [1.54, 1.807) is 0 Å². The fraction of sp³-hybridized carbons (Fsp3) is 0.115. The summed E-state index contributed by atoms with van der Waals surface area (Å²) in [6.45, 7) is 15.7. The molecule has 12 aromatic rings. The lowest BCUT2D eigenvalue weighted by molar-refractivity contribution is 0.589. The molecule has 0 amide bonds. The van der Waals surface area contributed by atoms with Crippen molar-refractivity contribution in [1.29, 1.82) is 0 Å². The first-order valence-electron chi connectivity index (χ1n) is 28.1. The third-order valence-corrected chi connectivity index (χ3v) is 15.8. The van der Waals surface area contributed by atoms with E-state index >= 15 is 0 Å². The van der Waals surface area contributed by atoms with E-state index in [2.05, 4.69) is 297 Å². The van der Waals surface area contributed by atoms with Crippen molar-refractivity contribution >= 4 is 0 Å². The van der Waals surface area contributed by atoms with Crippen molar-refractivity contribution in [3.05, 3.63) is 284 Å². The normalized spacial score (nSPS) is 11.6. The summed E-state index contributed by atoms with van der Waals surface area (Å²) in [5, 5.41) is 0. The van der Waals surface area contributed by atoms with E-state index in [0.29, 0.717) is 0 Å². The molecule has 81 heavy (non-hydrogen) atoms. The van der Waals surface area contributed by atoms with Crippen LogP contribution in [0, 0.1) is 6.92 Å². The Hall–Kier alpha value is -9.57. The fourth-order valence-corrected chi connectivity index (χ4v) is 11.1. The van der Waals surface area contributed by atoms with E-state index in [4.69, 9.17) is 15.0 Å². The fourth-order valence-electron chi connectivity index (χ4n) is 11.1. The predicted molar refractivity (Wildman–Crippen MR) is 342 cm³/mol. The van der Waals surface area contributed by atoms with Gasteiger partial charge in [0.15, 0.2) is 0 Å². The van der Waals surface area contributed by atoms with Crippen molar-refractivity contribution in [3.63, 3.8) is 0 Å². The number of benzene rings is 9. The van der Waals surface area contributed by atoms with Crippen molar-refractivity contribution in [2.75, 3.05) is 0 Å². The van der Waals surface area contributed by atoms with Gasteiger partial charge in [-0.1, -0.05) is 236 Å². The van der Waals surface area contributed by atoms with Gasteiger partial charge in [0.2, 0.25) is 0 Å². The molecule has 0 unspecified atom stereocenters. The standard InChI is InChI=1S/C78H65N3/c1-52-44-74(81-51-73(52)61-21-17-20-60(45-61)53-18-9-8-10-19-53)57-34-28-54(29-35-57)67-22-11-14-25-70(67)62-46-63(71-26-15-12-23-68(71)55-30-36-58(37-31-55)75-49-65(40-42-79-75)77(2,3)4)48-64(47-62)72-27-16-13-24-69(72)56-32-38-59(39-33-56)76-50-66(41-43-80-76)78(5,6)7/h8-51H,1-7H3. The minimum absolute atomic E-state index is 0.0278. The van der Waals surface area contributed by atoms with Gasteiger partial charge in [0.25, 0.3) is 0 Å². The lowest BCUT2D eigenvalue weighted by atomic mass is 9.85. The van der Waals surface area contributed by atoms with Crippen LogP contribution in [0.25, 0.3) is 123 Å². The highest BCUT2D eigenvalue weighted by Crippen LogP contribution is 2.43. The van der Waals surface area contributed by atoms with Crippen LogP contribution in [0.1, 0.15) is 58.2 Å². The Morgan fingerprint density at radius 2 is 0.556 bits per heavy atom. The average molecular weight is 1040 g/mol. The molecule has 3 heteroatoms. The molecule has 0 bridgehead atoms. The third-order valence-electron chi connectivity index (χ3n) is 15.8. The van der Waals surface area contributed by atoms with Crippen LogP contribution in [0.3, 0.4) is 0 Å². The molecule has 0 aliphatic heterocycles. The molecule has 3 aromatic heterocycles. The molecule has 0 saturated heterocycles. The van der Waals surface area contributed by atoms with Crippen LogP contribution in [0.15, 0.2) is 267 Å². The zero-order chi connectivity index (χ0) is 55.7. The molecule has 0 atom stereocenters. The number of nitrogens with zero attached hydrogens (tertiary/aromatic N) is 3. The molecule has 0 fully saturated rings. The summed E-state index contributed by atoms with van der Waals surface area (Å²) in [5.74, 6) is 0. The first kappa shape index (κ1) is 52.1. The second-order valence-electron chi connectivity index (χ2n) is 23.4. The quantitative estimate of drug-likeness (QED) is 0.130. The Balaban J connectivity index is 0.930. The Labute approximate surface area is 478 Å². The van der Waals surface area contributed by atoms with Crippen LogP contribution in [0.5, 0.6) is 0 Å². The monoisotopic (exact) mass is 1040 g/mol. The first-order chi connectivity index (χ1) is 39.3. The largest absolute Gasteiger partial charge is 0.256 e. The van der Waals surface area contributed by atoms with Crippen LogP contribution in [-0.4, -0.2) is 15.0 Å². The van der Waals surface area contributed by atoms with Gasteiger partial charge >= 0.3 is 0 Å². The van der Waals surface area contributed by atoms with E-state index in [1.807, 2.05) is 18.6 Å². The molecule has 392 valence electrons. The summed E-state index contributed by atoms with van der Waals surface area (Å²) in [4.78, 5) is 14.6. The minimum Gasteiger partial charge on any atom is -0.256 e. The molecule has 0 spiro atoms. The summed E-state index contributed by atoms with van der Waals surface area (Å²) in [7, 11) is 0. The number of aromatic nitrogens is 3. The van der Waals surface area contributed by atoms with Gasteiger partial charge in [0.1, 0.15) is 0 Å². The average Bonchev–Trinajstić information content (AvgIpc) is 3.56. The minimum atomic E-state index is 0.0278. The zero-order valence-corrected chi connectivity index (χ0v) is 47.2. The lowest BCUT2D eigenvalue weighted by Crippen LogP contribution is -2.11. The van der Waals surface area contributed by atoms with Crippen LogP contribution >= 0.6 is 0 Å². The van der Waals surface area contributed by atoms with E-state index in [1.165, 1.54) is 27.8 Å². The van der Waals surface area contributed by atoms with Gasteiger partial charge in [0, 0.05) is 40.8 Å². The molecule has 0 aliphatic carbocycles. The summed E-state index contributed by atoms with van der Waals surface area (Å²) in [6, 6.07) is 90.5. The van der Waals surface area contributed by atoms with Crippen LogP contribution in [0.4, 0.5) is 0 Å². The van der Waals surface area contributed by atoms with Gasteiger partial charge in [-0.3, -0.25) is 15.0 Å². The van der Waals surface area contributed by atoms with E-state index < -0.39 is 0 Å². The predicted octanol–water partition coefficient (Wildman–Crippen LogP) is 21.1. The number of pyridine rings is 3. The van der Waals surface area contributed by atoms with Gasteiger partial charge in [-0.25, -0.2) is 0 Å². The molecule has 9 aromatic carbocycles. The number of aryl methyl sites for hydroxylation is 1. The third kappa shape index (κ3) is 11.1. The van der Waals surface area contributed by atoms with Crippen molar-refractivity contribution in [1.82, 2.24) is 15.0 Å². The number of rotatable bonds is 11. The Kier molecular flexibility index (Phi) is 14.1. The van der Waals surface area contributed by atoms with Gasteiger partial charge in [-0.05, 0) is 172 Å². The SMILES string of the molecule is Cc1cc(-c2ccc(-c3ccccc3-c3cc(-c4ccccc4-c4ccc(-c5cc(C(C)(C)C)ccn5)cc4)cc(-c4ccccc4-c4ccc(-c5cc(C(C)(C)C)ccn5)cc4)c3)cc2)ncc1-c1cccc(-c2ccccc2)c1. The van der Waals surface area contributed by atoms with Crippen LogP contribution < -0.4 is 0 Å². The van der Waals surface area contributed by atoms with Gasteiger partial charge in [0.05, 0.1) is 17.1 Å². The summed E-state index contributed by atoms with van der Waals surface area (Å²) in [6.07, 6.45) is 5.89. The smallest absolute Gasteiger partial charge is 0.0705 e. The van der Waals surface area contributed by atoms with Crippen molar-refractivity contribution in [2.24, 2.45) is 0 Å². The molecular formula is C78H65N3. The highest BCUT2D eigenvalue weighted by Gasteiger charge is 2.20. The number of hydrogen-bond donors (Lipinski definition) is 0. The Morgan fingerprint density at radius 3 is 0.938 bits per heavy atom. The van der Waals surface area contributed by atoms with Crippen LogP contribution in [0.2, 0.25) is 0 Å². The van der Waals surface area contributed by atoms with Crippen molar-refractivity contribution < 1.29 is 0 Å². The second kappa shape index (κ2) is 21.9. The van der Waals surface area contributed by atoms with Crippen LogP contribution in [-0.2, 0) is 10.8 Å². The highest BCUT2D eigenvalue weighted by molar-refractivity contribution is 5.94. The molecule has 0 aliphatic rings. The molecule has 3 heterocycles. The maximum atomic E-state index is 5.04. The molecule has 12 rings (SSSR count). The Bertz CT molecular complexity index is 4050. The molecular weight excluding hydrogens is 979 g/mol. The molecule has 0 N–H and O–H groups in total. The van der Waals surface area contributed by atoms with Crippen molar-refractivity contribution in [2.45, 2.75) is 59.3 Å². The van der Waals surface area contributed by atoms with Gasteiger partial charge < -0.3 is 0 Å². The van der Waals surface area contributed by atoms with E-state index in [0.717, 1.165) is 112 Å². The highest BCUT2D eigenvalue weighted by atomic mass is 14.7. The maximum absolute atomic E-state index is 5.04. The van der Waals surface area contributed by atoms with E-state index in [-0.39, 0.29) is 10.8 Å². The van der Waals surface area contributed by atoms with Gasteiger partial charge in [-0.2, -0.15) is 0 Å². The summed E-state index contributed by atoms with van der Waals surface area (Å²) >= 11 is 0. The molecule has 0 saturated carbocycles. The molecule has 0 radical (unpaired) electrons.